The molecule has 1 aromatic heterocycles. The minimum Gasteiger partial charge on any atom is -0.350 e. The standard InChI is InChI=1S/C22H25N5O5S2/c1-15-10-6-8-12-19(15)33(28,29)26-22(25-21-23-17(3)14-18(4)24-21)27(32-5)34(30,31)20-13-9-7-11-16(20)2/h6-14H,1-5H3,(H,23,24,25,26)/p+1. The molecule has 180 valence electrons. The van der Waals surface area contributed by atoms with Gasteiger partial charge in [-0.25, -0.2) is 15.3 Å². The molecule has 0 aliphatic heterocycles. The van der Waals surface area contributed by atoms with Crippen LogP contribution < -0.4 is 10.0 Å². The molecule has 2 aromatic carbocycles. The summed E-state index contributed by atoms with van der Waals surface area (Å²) in [6.45, 7) is 6.72. The number of rotatable bonds is 6. The van der Waals surface area contributed by atoms with E-state index < -0.39 is 26.0 Å². The Morgan fingerprint density at radius 1 is 0.824 bits per heavy atom. The van der Waals surface area contributed by atoms with Crippen molar-refractivity contribution in [1.82, 2.24) is 14.7 Å². The van der Waals surface area contributed by atoms with Gasteiger partial charge in [-0.1, -0.05) is 36.4 Å². The second kappa shape index (κ2) is 9.77. The van der Waals surface area contributed by atoms with Crippen LogP contribution in [0.1, 0.15) is 22.5 Å². The van der Waals surface area contributed by atoms with Gasteiger partial charge in [0.25, 0.3) is 5.95 Å². The van der Waals surface area contributed by atoms with Crippen molar-refractivity contribution >= 4 is 32.0 Å². The molecule has 0 spiro atoms. The average molecular weight is 505 g/mol. The van der Waals surface area contributed by atoms with Gasteiger partial charge in [0.05, 0.1) is 0 Å². The van der Waals surface area contributed by atoms with Crippen molar-refractivity contribution in [3.8, 4) is 0 Å². The van der Waals surface area contributed by atoms with E-state index in [1.807, 2.05) is 0 Å². The number of nitrogens with one attached hydrogen (secondary N) is 2. The summed E-state index contributed by atoms with van der Waals surface area (Å²) in [7, 11) is -7.47. The molecule has 0 amide bonds. The number of hydrogen-bond acceptors (Lipinski definition) is 7. The van der Waals surface area contributed by atoms with Crippen LogP contribution in [0.5, 0.6) is 0 Å². The molecular formula is C22H26N5O5S2+. The zero-order chi connectivity index (χ0) is 25.1. The van der Waals surface area contributed by atoms with Gasteiger partial charge in [0.1, 0.15) is 16.9 Å². The van der Waals surface area contributed by atoms with Gasteiger partial charge in [-0.2, -0.15) is 21.6 Å². The number of hydrogen-bond donors (Lipinski definition) is 2. The fourth-order valence-electron chi connectivity index (χ4n) is 3.28. The Labute approximate surface area is 199 Å². The van der Waals surface area contributed by atoms with Crippen molar-refractivity contribution in [3.63, 3.8) is 0 Å². The predicted octanol–water partition coefficient (Wildman–Crippen LogP) is 2.42. The predicted molar refractivity (Wildman–Crippen MR) is 127 cm³/mol. The van der Waals surface area contributed by atoms with Crippen molar-refractivity contribution in [2.24, 2.45) is 0 Å². The molecule has 34 heavy (non-hydrogen) atoms. The van der Waals surface area contributed by atoms with Crippen molar-refractivity contribution in [1.29, 1.82) is 0 Å². The van der Waals surface area contributed by atoms with Gasteiger partial charge in [-0.3, -0.25) is 0 Å². The van der Waals surface area contributed by atoms with E-state index in [0.29, 0.717) is 26.7 Å². The molecule has 0 radical (unpaired) electrons. The molecule has 0 saturated carbocycles. The van der Waals surface area contributed by atoms with E-state index in [0.717, 1.165) is 7.11 Å². The largest absolute Gasteiger partial charge is 0.421 e. The lowest BCUT2D eigenvalue weighted by atomic mass is 10.2. The second-order valence-electron chi connectivity index (χ2n) is 7.50. The summed E-state index contributed by atoms with van der Waals surface area (Å²) in [4.78, 5) is 13.6. The van der Waals surface area contributed by atoms with E-state index in [9.17, 15) is 16.8 Å². The van der Waals surface area contributed by atoms with E-state index in [2.05, 4.69) is 20.0 Å². The van der Waals surface area contributed by atoms with Crippen LogP contribution in [0.25, 0.3) is 0 Å². The quantitative estimate of drug-likeness (QED) is 0.227. The van der Waals surface area contributed by atoms with Gasteiger partial charge >= 0.3 is 26.0 Å². The van der Waals surface area contributed by atoms with Gasteiger partial charge < -0.3 is 4.84 Å². The van der Waals surface area contributed by atoms with Crippen LogP contribution in [0.2, 0.25) is 0 Å². The molecule has 0 aliphatic rings. The summed E-state index contributed by atoms with van der Waals surface area (Å²) in [5, 5.41) is 2.68. The smallest absolute Gasteiger partial charge is 0.350 e. The number of nitrogens with zero attached hydrogens (tertiary/aromatic N) is 3. The number of aryl methyl sites for hydroxylation is 4. The second-order valence-corrected chi connectivity index (χ2v) is 10.9. The van der Waals surface area contributed by atoms with E-state index in [4.69, 9.17) is 4.84 Å². The monoisotopic (exact) mass is 504 g/mol. The lowest BCUT2D eigenvalue weighted by molar-refractivity contribution is -0.667. The summed E-state index contributed by atoms with van der Waals surface area (Å²) in [5.74, 6) is -0.527. The average Bonchev–Trinajstić information content (AvgIpc) is 2.73. The number of guanidine groups is 1. The highest BCUT2D eigenvalue weighted by atomic mass is 32.2. The van der Waals surface area contributed by atoms with Gasteiger partial charge in [-0.15, -0.1) is 0 Å². The van der Waals surface area contributed by atoms with Crippen LogP contribution in [0, 0.1) is 27.7 Å². The van der Waals surface area contributed by atoms with Gasteiger partial charge in [0.2, 0.25) is 0 Å². The Bertz CT molecular complexity index is 1450. The van der Waals surface area contributed by atoms with Crippen LogP contribution in [-0.4, -0.2) is 44.0 Å². The zero-order valence-electron chi connectivity index (χ0n) is 19.4. The molecule has 0 atom stereocenters. The summed E-state index contributed by atoms with van der Waals surface area (Å²) in [6, 6.07) is 14.3. The normalized spacial score (nSPS) is 12.6. The third kappa shape index (κ3) is 5.34. The minimum atomic E-state index is -4.36. The van der Waals surface area contributed by atoms with Crippen LogP contribution in [0.3, 0.4) is 0 Å². The maximum absolute atomic E-state index is 13.5. The topological polar surface area (TPSA) is 130 Å². The van der Waals surface area contributed by atoms with Crippen molar-refractivity contribution < 1.29 is 25.8 Å². The van der Waals surface area contributed by atoms with Crippen LogP contribution >= 0.6 is 0 Å². The highest BCUT2D eigenvalue weighted by Gasteiger charge is 2.35. The fraction of sp³-hybridized carbons (Fsp3) is 0.227. The first-order chi connectivity index (χ1) is 16.0. The lowest BCUT2D eigenvalue weighted by Crippen LogP contribution is -2.45. The van der Waals surface area contributed by atoms with Gasteiger partial charge in [-0.05, 0) is 57.0 Å². The third-order valence-electron chi connectivity index (χ3n) is 4.76. The highest BCUT2D eigenvalue weighted by molar-refractivity contribution is 7.90. The van der Waals surface area contributed by atoms with Crippen LogP contribution in [-0.2, 0) is 24.9 Å². The lowest BCUT2D eigenvalue weighted by Gasteiger charge is -2.14. The number of benzene rings is 2. The number of sulfonamides is 2. The number of anilines is 1. The van der Waals surface area contributed by atoms with Crippen LogP contribution in [0.15, 0.2) is 64.4 Å². The van der Waals surface area contributed by atoms with E-state index in [1.165, 1.54) is 12.1 Å². The van der Waals surface area contributed by atoms with Crippen molar-refractivity contribution in [3.05, 3.63) is 77.1 Å². The van der Waals surface area contributed by atoms with Crippen molar-refractivity contribution in [2.45, 2.75) is 37.5 Å². The zero-order valence-corrected chi connectivity index (χ0v) is 21.0. The van der Waals surface area contributed by atoms with E-state index >= 15 is 0 Å². The molecule has 0 aliphatic carbocycles. The molecule has 12 heteroatoms. The molecule has 3 rings (SSSR count). The first kappa shape index (κ1) is 25.1. The first-order valence-corrected chi connectivity index (χ1v) is 13.1. The SMILES string of the molecule is CO[N+](=C(Nc1nc(C)cc(C)n1)NS(=O)(=O)c1ccccc1C)S(=O)(=O)c1ccccc1C. The third-order valence-corrected chi connectivity index (χ3v) is 8.05. The van der Waals surface area contributed by atoms with Crippen molar-refractivity contribution in [2.75, 3.05) is 12.4 Å². The molecule has 0 saturated heterocycles. The van der Waals surface area contributed by atoms with E-state index in [1.54, 1.807) is 70.2 Å². The summed E-state index contributed by atoms with van der Waals surface area (Å²) < 4.78 is 56.3. The van der Waals surface area contributed by atoms with Gasteiger partial charge in [0.15, 0.2) is 0 Å². The molecule has 0 unspecified atom stereocenters. The Balaban J connectivity index is 2.23. The summed E-state index contributed by atoms with van der Waals surface area (Å²) in [6.07, 6.45) is 0. The summed E-state index contributed by atoms with van der Waals surface area (Å²) in [5.41, 5.74) is 2.12. The molecule has 10 nitrogen and oxygen atoms in total. The summed E-state index contributed by atoms with van der Waals surface area (Å²) >= 11 is 0. The Morgan fingerprint density at radius 2 is 1.32 bits per heavy atom. The Hall–Kier alpha value is -3.51. The maximum Gasteiger partial charge on any atom is 0.421 e. The van der Waals surface area contributed by atoms with E-state index in [-0.39, 0.29) is 15.7 Å². The molecule has 2 N–H and O–H groups in total. The highest BCUT2D eigenvalue weighted by Crippen LogP contribution is 2.19. The molecule has 1 heterocycles. The van der Waals surface area contributed by atoms with Crippen LogP contribution in [0.4, 0.5) is 5.95 Å². The maximum atomic E-state index is 13.5. The molecule has 0 bridgehead atoms. The minimum absolute atomic E-state index is 0.0120. The Kier molecular flexibility index (Phi) is 7.22. The first-order valence-electron chi connectivity index (χ1n) is 10.2. The Morgan fingerprint density at radius 3 is 1.82 bits per heavy atom. The molecule has 0 fully saturated rings. The molecule has 3 aromatic rings. The fourth-order valence-corrected chi connectivity index (χ4v) is 6.02. The van der Waals surface area contributed by atoms with Gasteiger partial charge in [0, 0.05) is 15.5 Å². The number of aromatic nitrogens is 2. The molecular weight excluding hydrogens is 478 g/mol.